The van der Waals surface area contributed by atoms with Crippen LogP contribution in [0.2, 0.25) is 0 Å². The van der Waals surface area contributed by atoms with E-state index in [1.165, 1.54) is 5.56 Å². The van der Waals surface area contributed by atoms with E-state index >= 15 is 0 Å². The van der Waals surface area contributed by atoms with Gasteiger partial charge in [-0.3, -0.25) is 0 Å². The topological polar surface area (TPSA) is 38.0 Å². The van der Waals surface area contributed by atoms with Crippen LogP contribution in [0.4, 0.5) is 11.4 Å². The van der Waals surface area contributed by atoms with Crippen LogP contribution in [0.1, 0.15) is 5.56 Å². The minimum Gasteiger partial charge on any atom is -0.397 e. The average Bonchev–Trinajstić information content (AvgIpc) is 2.29. The molecule has 3 N–H and O–H groups in total. The van der Waals surface area contributed by atoms with Crippen molar-refractivity contribution in [2.24, 2.45) is 0 Å². The Bertz CT molecular complexity index is 424. The van der Waals surface area contributed by atoms with E-state index in [9.17, 15) is 0 Å². The van der Waals surface area contributed by atoms with Crippen molar-refractivity contribution in [2.75, 3.05) is 11.1 Å². The lowest BCUT2D eigenvalue weighted by atomic mass is 10.2. The summed E-state index contributed by atoms with van der Waals surface area (Å²) in [6, 6.07) is 18.9. The van der Waals surface area contributed by atoms with Gasteiger partial charge in [0.05, 0.1) is 11.4 Å². The van der Waals surface area contributed by atoms with Crippen molar-refractivity contribution in [1.29, 1.82) is 0 Å². The normalized spacial score (nSPS) is 9.87. The van der Waals surface area contributed by atoms with Crippen molar-refractivity contribution in [2.45, 2.75) is 6.54 Å². The molecule has 0 bridgehead atoms. The Morgan fingerprint density at radius 3 is 2.60 bits per heavy atom. The standard InChI is InChI=1S/C13H13N2/c14-12-8-4-5-9-13(12)15-10-11-6-2-1-3-7-11/h1-7,9,15H,10,14H2. The van der Waals surface area contributed by atoms with Crippen molar-refractivity contribution in [3.63, 3.8) is 0 Å². The molecule has 2 aromatic rings. The summed E-state index contributed by atoms with van der Waals surface area (Å²) in [6.07, 6.45) is 0. The van der Waals surface area contributed by atoms with Gasteiger partial charge in [0.15, 0.2) is 0 Å². The van der Waals surface area contributed by atoms with Gasteiger partial charge >= 0.3 is 0 Å². The molecule has 0 saturated heterocycles. The molecule has 2 rings (SSSR count). The van der Waals surface area contributed by atoms with Crippen LogP contribution in [0.3, 0.4) is 0 Å². The van der Waals surface area contributed by atoms with E-state index < -0.39 is 0 Å². The SMILES string of the molecule is Nc1[c]cccc1NCc1ccccc1. The van der Waals surface area contributed by atoms with Crippen molar-refractivity contribution in [1.82, 2.24) is 0 Å². The Morgan fingerprint density at radius 1 is 1.07 bits per heavy atom. The number of nitrogens with two attached hydrogens (primary N) is 1. The maximum Gasteiger partial charge on any atom is 0.0630 e. The van der Waals surface area contributed by atoms with Gasteiger partial charge in [0.25, 0.3) is 0 Å². The third kappa shape index (κ3) is 2.50. The van der Waals surface area contributed by atoms with Gasteiger partial charge in [-0.15, -0.1) is 0 Å². The second-order valence-corrected chi connectivity index (χ2v) is 3.34. The lowest BCUT2D eigenvalue weighted by Crippen LogP contribution is -2.01. The molecule has 0 heterocycles. The predicted molar refractivity (Wildman–Crippen MR) is 63.5 cm³/mol. The number of nitrogens with one attached hydrogen (secondary N) is 1. The lowest BCUT2D eigenvalue weighted by Gasteiger charge is -2.08. The molecule has 2 nitrogen and oxygen atoms in total. The monoisotopic (exact) mass is 197 g/mol. The molecule has 0 saturated carbocycles. The molecule has 0 aliphatic rings. The number of nitrogen functional groups attached to an aromatic ring is 1. The van der Waals surface area contributed by atoms with Crippen LogP contribution in [0.5, 0.6) is 0 Å². The van der Waals surface area contributed by atoms with E-state index in [1.54, 1.807) is 0 Å². The number of benzene rings is 2. The predicted octanol–water partition coefficient (Wildman–Crippen LogP) is 2.68. The van der Waals surface area contributed by atoms with E-state index in [4.69, 9.17) is 5.73 Å². The molecule has 0 aliphatic heterocycles. The summed E-state index contributed by atoms with van der Waals surface area (Å²) in [5, 5.41) is 3.27. The van der Waals surface area contributed by atoms with Crippen LogP contribution in [0.15, 0.2) is 48.5 Å². The summed E-state index contributed by atoms with van der Waals surface area (Å²) < 4.78 is 0. The van der Waals surface area contributed by atoms with Crippen molar-refractivity contribution in [3.8, 4) is 0 Å². The fraction of sp³-hybridized carbons (Fsp3) is 0.0769. The summed E-state index contributed by atoms with van der Waals surface area (Å²) in [5.74, 6) is 0. The summed E-state index contributed by atoms with van der Waals surface area (Å²) in [7, 11) is 0. The van der Waals surface area contributed by atoms with Gasteiger partial charge in [-0.25, -0.2) is 0 Å². The van der Waals surface area contributed by atoms with Crippen LogP contribution >= 0.6 is 0 Å². The van der Waals surface area contributed by atoms with Crippen molar-refractivity contribution < 1.29 is 0 Å². The Morgan fingerprint density at radius 2 is 1.87 bits per heavy atom. The van der Waals surface area contributed by atoms with Gasteiger partial charge in [-0.1, -0.05) is 42.5 Å². The zero-order chi connectivity index (χ0) is 10.5. The molecule has 15 heavy (non-hydrogen) atoms. The van der Waals surface area contributed by atoms with Gasteiger partial charge in [0, 0.05) is 12.6 Å². The molecule has 0 amide bonds. The van der Waals surface area contributed by atoms with Crippen LogP contribution in [0.25, 0.3) is 0 Å². The molecule has 2 aromatic carbocycles. The highest BCUT2D eigenvalue weighted by Crippen LogP contribution is 2.16. The molecule has 1 radical (unpaired) electrons. The van der Waals surface area contributed by atoms with E-state index in [1.807, 2.05) is 36.4 Å². The maximum absolute atomic E-state index is 5.77. The average molecular weight is 197 g/mol. The molecule has 0 fully saturated rings. The highest BCUT2D eigenvalue weighted by molar-refractivity contribution is 5.64. The van der Waals surface area contributed by atoms with Crippen LogP contribution < -0.4 is 11.1 Å². The molecule has 0 atom stereocenters. The minimum atomic E-state index is 0.661. The highest BCUT2D eigenvalue weighted by atomic mass is 14.9. The first-order valence-electron chi connectivity index (χ1n) is 4.90. The van der Waals surface area contributed by atoms with Crippen LogP contribution in [-0.4, -0.2) is 0 Å². The summed E-state index contributed by atoms with van der Waals surface area (Å²) >= 11 is 0. The molecule has 0 aromatic heterocycles. The first-order valence-corrected chi connectivity index (χ1v) is 4.90. The molecular formula is C13H13N2. The van der Waals surface area contributed by atoms with Gasteiger partial charge in [-0.05, 0) is 11.6 Å². The van der Waals surface area contributed by atoms with Crippen molar-refractivity contribution >= 4 is 11.4 Å². The lowest BCUT2D eigenvalue weighted by molar-refractivity contribution is 1.15. The first kappa shape index (κ1) is 9.59. The highest BCUT2D eigenvalue weighted by Gasteiger charge is 1.96. The number of rotatable bonds is 3. The minimum absolute atomic E-state index is 0.661. The Hall–Kier alpha value is -1.96. The Kier molecular flexibility index (Phi) is 2.88. The van der Waals surface area contributed by atoms with E-state index in [0.29, 0.717) is 5.69 Å². The zero-order valence-corrected chi connectivity index (χ0v) is 8.40. The number of hydrogen-bond acceptors (Lipinski definition) is 2. The fourth-order valence-electron chi connectivity index (χ4n) is 1.40. The van der Waals surface area contributed by atoms with E-state index in [-0.39, 0.29) is 0 Å². The zero-order valence-electron chi connectivity index (χ0n) is 8.40. The Balaban J connectivity index is 2.03. The van der Waals surface area contributed by atoms with Crippen LogP contribution in [0, 0.1) is 6.07 Å². The fourth-order valence-corrected chi connectivity index (χ4v) is 1.40. The third-order valence-electron chi connectivity index (χ3n) is 2.21. The summed E-state index contributed by atoms with van der Waals surface area (Å²) in [4.78, 5) is 0. The number of hydrogen-bond donors (Lipinski definition) is 2. The Labute approximate surface area is 89.7 Å². The quantitative estimate of drug-likeness (QED) is 0.742. The van der Waals surface area contributed by atoms with Gasteiger partial charge < -0.3 is 11.1 Å². The molecule has 0 unspecified atom stereocenters. The second kappa shape index (κ2) is 4.51. The third-order valence-corrected chi connectivity index (χ3v) is 2.21. The molecular weight excluding hydrogens is 184 g/mol. The molecule has 0 spiro atoms. The largest absolute Gasteiger partial charge is 0.397 e. The molecule has 75 valence electrons. The van der Waals surface area contributed by atoms with E-state index in [2.05, 4.69) is 23.5 Å². The van der Waals surface area contributed by atoms with Crippen LogP contribution in [-0.2, 0) is 6.54 Å². The maximum atomic E-state index is 5.77. The first-order chi connectivity index (χ1) is 7.36. The van der Waals surface area contributed by atoms with Gasteiger partial charge in [-0.2, -0.15) is 0 Å². The van der Waals surface area contributed by atoms with Gasteiger partial charge in [0.1, 0.15) is 0 Å². The number of para-hydroxylation sites is 1. The summed E-state index contributed by atoms with van der Waals surface area (Å²) in [5.41, 5.74) is 8.60. The number of anilines is 2. The molecule has 2 heteroatoms. The van der Waals surface area contributed by atoms with Gasteiger partial charge in [0.2, 0.25) is 0 Å². The summed E-state index contributed by atoms with van der Waals surface area (Å²) in [6.45, 7) is 0.781. The second-order valence-electron chi connectivity index (χ2n) is 3.34. The smallest absolute Gasteiger partial charge is 0.0630 e. The van der Waals surface area contributed by atoms with E-state index in [0.717, 1.165) is 12.2 Å². The molecule has 0 aliphatic carbocycles. The van der Waals surface area contributed by atoms with Crippen molar-refractivity contribution in [3.05, 3.63) is 60.2 Å².